The van der Waals surface area contributed by atoms with E-state index in [1.807, 2.05) is 7.05 Å². The van der Waals surface area contributed by atoms with E-state index >= 15 is 0 Å². The molecule has 4 heteroatoms. The zero-order valence-electron chi connectivity index (χ0n) is 9.96. The first-order valence-electron chi connectivity index (χ1n) is 5.63. The minimum absolute atomic E-state index is 0.711. The van der Waals surface area contributed by atoms with E-state index in [1.54, 1.807) is 0 Å². The Labute approximate surface area is 111 Å². The highest BCUT2D eigenvalue weighted by atomic mass is 35.5. The zero-order valence-corrected chi connectivity index (χ0v) is 11.5. The van der Waals surface area contributed by atoms with Crippen molar-refractivity contribution in [1.29, 1.82) is 0 Å². The van der Waals surface area contributed by atoms with Crippen LogP contribution in [0.25, 0.3) is 10.6 Å². The van der Waals surface area contributed by atoms with Crippen LogP contribution in [0.5, 0.6) is 0 Å². The Morgan fingerprint density at radius 2 is 2.00 bits per heavy atom. The number of aromatic nitrogens is 1. The third-order valence-corrected chi connectivity index (χ3v) is 3.99. The van der Waals surface area contributed by atoms with Crippen LogP contribution in [0.15, 0.2) is 24.3 Å². The predicted molar refractivity (Wildman–Crippen MR) is 74.7 cm³/mol. The molecule has 0 aliphatic carbocycles. The number of aryl methyl sites for hydroxylation is 1. The molecule has 2 aromatic rings. The predicted octanol–water partition coefficient (Wildman–Crippen LogP) is 3.75. The molecular formula is C13H15ClN2S. The molecule has 1 N–H and O–H groups in total. The highest BCUT2D eigenvalue weighted by molar-refractivity contribution is 7.19. The second kappa shape index (κ2) is 5.63. The SMILES string of the molecule is CCc1ccc(-c2nc(CNC)c(Cl)s2)cc1. The highest BCUT2D eigenvalue weighted by Gasteiger charge is 2.09. The fourth-order valence-corrected chi connectivity index (χ4v) is 2.76. The largest absolute Gasteiger partial charge is 0.314 e. The van der Waals surface area contributed by atoms with E-state index in [1.165, 1.54) is 16.9 Å². The van der Waals surface area contributed by atoms with Gasteiger partial charge in [-0.1, -0.05) is 42.8 Å². The summed E-state index contributed by atoms with van der Waals surface area (Å²) in [6.07, 6.45) is 1.06. The van der Waals surface area contributed by atoms with Gasteiger partial charge in [0.05, 0.1) is 5.69 Å². The first-order valence-corrected chi connectivity index (χ1v) is 6.83. The van der Waals surface area contributed by atoms with Gasteiger partial charge in [0.25, 0.3) is 0 Å². The number of hydrogen-bond acceptors (Lipinski definition) is 3. The lowest BCUT2D eigenvalue weighted by atomic mass is 10.1. The van der Waals surface area contributed by atoms with Crippen molar-refractivity contribution >= 4 is 22.9 Å². The number of rotatable bonds is 4. The number of thiazole rings is 1. The number of nitrogens with one attached hydrogen (secondary N) is 1. The van der Waals surface area contributed by atoms with Crippen molar-refractivity contribution in [1.82, 2.24) is 10.3 Å². The van der Waals surface area contributed by atoms with Crippen molar-refractivity contribution in [3.8, 4) is 10.6 Å². The maximum absolute atomic E-state index is 6.15. The van der Waals surface area contributed by atoms with Crippen LogP contribution in [0.1, 0.15) is 18.2 Å². The van der Waals surface area contributed by atoms with Gasteiger partial charge in [-0.3, -0.25) is 0 Å². The molecule has 0 aliphatic heterocycles. The molecule has 2 rings (SSSR count). The lowest BCUT2D eigenvalue weighted by Gasteiger charge is -1.98. The second-order valence-corrected chi connectivity index (χ2v) is 5.42. The van der Waals surface area contributed by atoms with Crippen molar-refractivity contribution in [2.24, 2.45) is 0 Å². The summed E-state index contributed by atoms with van der Waals surface area (Å²) in [4.78, 5) is 4.55. The van der Waals surface area contributed by atoms with Crippen LogP contribution in [0.3, 0.4) is 0 Å². The first kappa shape index (κ1) is 12.6. The van der Waals surface area contributed by atoms with E-state index in [9.17, 15) is 0 Å². The summed E-state index contributed by atoms with van der Waals surface area (Å²) >= 11 is 7.68. The summed E-state index contributed by atoms with van der Waals surface area (Å²) in [6, 6.07) is 8.50. The number of hydrogen-bond donors (Lipinski definition) is 1. The van der Waals surface area contributed by atoms with E-state index in [-0.39, 0.29) is 0 Å². The standard InChI is InChI=1S/C13H15ClN2S/c1-3-9-4-6-10(7-5-9)13-16-11(8-15-2)12(14)17-13/h4-7,15H,3,8H2,1-2H3. The average Bonchev–Trinajstić information content (AvgIpc) is 2.72. The Bertz CT molecular complexity index is 491. The number of halogens is 1. The number of benzene rings is 1. The maximum atomic E-state index is 6.15. The van der Waals surface area contributed by atoms with Crippen LogP contribution in [-0.2, 0) is 13.0 Å². The van der Waals surface area contributed by atoms with Crippen LogP contribution in [0.2, 0.25) is 4.34 Å². The molecule has 0 saturated heterocycles. The van der Waals surface area contributed by atoms with Crippen molar-refractivity contribution in [2.45, 2.75) is 19.9 Å². The van der Waals surface area contributed by atoms with E-state index in [4.69, 9.17) is 11.6 Å². The molecule has 1 aromatic carbocycles. The lowest BCUT2D eigenvalue weighted by molar-refractivity contribution is 0.798. The first-order chi connectivity index (χ1) is 8.24. The van der Waals surface area contributed by atoms with Crippen LogP contribution in [0.4, 0.5) is 0 Å². The van der Waals surface area contributed by atoms with Crippen LogP contribution in [-0.4, -0.2) is 12.0 Å². The average molecular weight is 267 g/mol. The Balaban J connectivity index is 2.29. The second-order valence-electron chi connectivity index (χ2n) is 3.82. The van der Waals surface area contributed by atoms with Crippen molar-refractivity contribution in [2.75, 3.05) is 7.05 Å². The molecular weight excluding hydrogens is 252 g/mol. The smallest absolute Gasteiger partial charge is 0.125 e. The van der Waals surface area contributed by atoms with Crippen molar-refractivity contribution < 1.29 is 0 Å². The van der Waals surface area contributed by atoms with E-state index in [0.717, 1.165) is 27.0 Å². The van der Waals surface area contributed by atoms with Crippen LogP contribution in [0, 0.1) is 0 Å². The van der Waals surface area contributed by atoms with Gasteiger partial charge in [-0.2, -0.15) is 0 Å². The molecule has 1 aromatic heterocycles. The van der Waals surface area contributed by atoms with Gasteiger partial charge in [0.2, 0.25) is 0 Å². The lowest BCUT2D eigenvalue weighted by Crippen LogP contribution is -2.05. The van der Waals surface area contributed by atoms with E-state index < -0.39 is 0 Å². The van der Waals surface area contributed by atoms with E-state index in [0.29, 0.717) is 6.54 Å². The summed E-state index contributed by atoms with van der Waals surface area (Å²) in [5, 5.41) is 4.06. The fraction of sp³-hybridized carbons (Fsp3) is 0.308. The van der Waals surface area contributed by atoms with E-state index in [2.05, 4.69) is 41.5 Å². The molecule has 0 bridgehead atoms. The Kier molecular flexibility index (Phi) is 4.15. The fourth-order valence-electron chi connectivity index (χ4n) is 1.62. The molecule has 0 amide bonds. The molecule has 90 valence electrons. The molecule has 0 aliphatic rings. The molecule has 0 fully saturated rings. The molecule has 1 heterocycles. The summed E-state index contributed by atoms with van der Waals surface area (Å²) in [6.45, 7) is 2.86. The summed E-state index contributed by atoms with van der Waals surface area (Å²) in [5.74, 6) is 0. The summed E-state index contributed by atoms with van der Waals surface area (Å²) < 4.78 is 0.772. The molecule has 0 unspecified atom stereocenters. The molecule has 17 heavy (non-hydrogen) atoms. The minimum Gasteiger partial charge on any atom is -0.314 e. The normalized spacial score (nSPS) is 10.8. The third-order valence-electron chi connectivity index (χ3n) is 2.60. The number of nitrogens with zero attached hydrogens (tertiary/aromatic N) is 1. The molecule has 0 saturated carbocycles. The minimum atomic E-state index is 0.711. The van der Waals surface area contributed by atoms with Crippen LogP contribution >= 0.6 is 22.9 Å². The van der Waals surface area contributed by atoms with Crippen molar-refractivity contribution in [3.63, 3.8) is 0 Å². The van der Waals surface area contributed by atoms with Gasteiger partial charge in [0, 0.05) is 12.1 Å². The third kappa shape index (κ3) is 2.86. The zero-order chi connectivity index (χ0) is 12.3. The van der Waals surface area contributed by atoms with Gasteiger partial charge in [0.15, 0.2) is 0 Å². The topological polar surface area (TPSA) is 24.9 Å². The van der Waals surface area contributed by atoms with Gasteiger partial charge in [-0.25, -0.2) is 4.98 Å². The van der Waals surface area contributed by atoms with Gasteiger partial charge >= 0.3 is 0 Å². The maximum Gasteiger partial charge on any atom is 0.125 e. The quantitative estimate of drug-likeness (QED) is 0.912. The summed E-state index contributed by atoms with van der Waals surface area (Å²) in [5.41, 5.74) is 3.40. The van der Waals surface area contributed by atoms with Gasteiger partial charge in [0.1, 0.15) is 9.34 Å². The van der Waals surface area contributed by atoms with Crippen molar-refractivity contribution in [3.05, 3.63) is 39.9 Å². The van der Waals surface area contributed by atoms with Crippen LogP contribution < -0.4 is 5.32 Å². The molecule has 0 atom stereocenters. The monoisotopic (exact) mass is 266 g/mol. The van der Waals surface area contributed by atoms with Gasteiger partial charge in [-0.05, 0) is 19.0 Å². The Hall–Kier alpha value is -0.900. The summed E-state index contributed by atoms with van der Waals surface area (Å²) in [7, 11) is 1.89. The Morgan fingerprint density at radius 1 is 1.29 bits per heavy atom. The van der Waals surface area contributed by atoms with Gasteiger partial charge < -0.3 is 5.32 Å². The molecule has 0 radical (unpaired) electrons. The highest BCUT2D eigenvalue weighted by Crippen LogP contribution is 2.31. The van der Waals surface area contributed by atoms with Gasteiger partial charge in [-0.15, -0.1) is 11.3 Å². The Morgan fingerprint density at radius 3 is 2.59 bits per heavy atom. The molecule has 0 spiro atoms. The molecule has 2 nitrogen and oxygen atoms in total.